The van der Waals surface area contributed by atoms with Crippen LogP contribution in [0.15, 0.2) is 30.6 Å². The van der Waals surface area contributed by atoms with Gasteiger partial charge in [-0.15, -0.1) is 0 Å². The molecule has 2 aromatic rings. The second kappa shape index (κ2) is 5.91. The third-order valence-electron chi connectivity index (χ3n) is 4.19. The number of carbonyl (C=O) groups excluding carboxylic acids is 1. The van der Waals surface area contributed by atoms with E-state index < -0.39 is 0 Å². The molecule has 1 amide bonds. The predicted octanol–water partition coefficient (Wildman–Crippen LogP) is 3.07. The van der Waals surface area contributed by atoms with Crippen molar-refractivity contribution in [2.45, 2.75) is 45.6 Å². The van der Waals surface area contributed by atoms with Gasteiger partial charge >= 0.3 is 0 Å². The van der Waals surface area contributed by atoms with E-state index in [2.05, 4.69) is 18.8 Å². The Balaban J connectivity index is 1.96. The number of aromatic nitrogens is 3. The van der Waals surface area contributed by atoms with Crippen molar-refractivity contribution in [1.82, 2.24) is 19.4 Å². The van der Waals surface area contributed by atoms with Crippen LogP contribution in [0.3, 0.4) is 0 Å². The predicted molar refractivity (Wildman–Crippen MR) is 84.8 cm³/mol. The molecule has 1 saturated heterocycles. The number of likely N-dealkylation sites (tertiary alicyclic amines) is 1. The lowest BCUT2D eigenvalue weighted by molar-refractivity contribution is -0.129. The Labute approximate surface area is 131 Å². The summed E-state index contributed by atoms with van der Waals surface area (Å²) in [6.07, 6.45) is 5.77. The highest BCUT2D eigenvalue weighted by molar-refractivity contribution is 5.74. The first kappa shape index (κ1) is 14.8. The summed E-state index contributed by atoms with van der Waals surface area (Å²) in [5.74, 6) is 2.33. The second-order valence-electron chi connectivity index (χ2n) is 6.10. The molecule has 5 nitrogen and oxygen atoms in total. The number of imidazole rings is 1. The maximum absolute atomic E-state index is 11.8. The highest BCUT2D eigenvalue weighted by Gasteiger charge is 2.29. The monoisotopic (exact) mass is 298 g/mol. The van der Waals surface area contributed by atoms with Crippen LogP contribution in [0.5, 0.6) is 0 Å². The topological polar surface area (TPSA) is 51.0 Å². The van der Waals surface area contributed by atoms with Crippen LogP contribution in [-0.2, 0) is 4.79 Å². The van der Waals surface area contributed by atoms with Gasteiger partial charge in [0.05, 0.1) is 11.7 Å². The lowest BCUT2D eigenvalue weighted by Crippen LogP contribution is -2.28. The van der Waals surface area contributed by atoms with Crippen LogP contribution in [0.2, 0.25) is 0 Å². The van der Waals surface area contributed by atoms with E-state index in [1.807, 2.05) is 33.9 Å². The van der Waals surface area contributed by atoms with Gasteiger partial charge < -0.3 is 4.90 Å². The van der Waals surface area contributed by atoms with Gasteiger partial charge in [-0.25, -0.2) is 9.97 Å². The van der Waals surface area contributed by atoms with E-state index in [0.717, 1.165) is 36.7 Å². The number of hydrogen-bond donors (Lipinski definition) is 0. The molecule has 0 saturated carbocycles. The quantitative estimate of drug-likeness (QED) is 0.875. The summed E-state index contributed by atoms with van der Waals surface area (Å²) >= 11 is 0. The van der Waals surface area contributed by atoms with E-state index in [1.54, 1.807) is 13.1 Å². The van der Waals surface area contributed by atoms with Crippen molar-refractivity contribution in [3.63, 3.8) is 0 Å². The van der Waals surface area contributed by atoms with Gasteiger partial charge in [-0.3, -0.25) is 9.36 Å². The molecule has 0 spiro atoms. The first-order chi connectivity index (χ1) is 10.6. The Bertz CT molecular complexity index is 677. The van der Waals surface area contributed by atoms with Crippen LogP contribution < -0.4 is 0 Å². The molecule has 1 fully saturated rings. The lowest BCUT2D eigenvalue weighted by Gasteiger charge is -2.23. The summed E-state index contributed by atoms with van der Waals surface area (Å²) in [5.41, 5.74) is 0.966. The van der Waals surface area contributed by atoms with E-state index in [4.69, 9.17) is 4.98 Å². The van der Waals surface area contributed by atoms with Crippen LogP contribution >= 0.6 is 0 Å². The van der Waals surface area contributed by atoms with E-state index in [1.165, 1.54) is 0 Å². The summed E-state index contributed by atoms with van der Waals surface area (Å²) in [5, 5.41) is 0. The molecule has 1 aliphatic rings. The van der Waals surface area contributed by atoms with Crippen LogP contribution in [0.4, 0.5) is 0 Å². The molecule has 3 rings (SSSR count). The average Bonchev–Trinajstić information content (AvgIpc) is 3.16. The molecule has 116 valence electrons. The second-order valence-corrected chi connectivity index (χ2v) is 6.10. The number of carbonyl (C=O) groups is 1. The molecular formula is C17H22N4O. The fourth-order valence-electron chi connectivity index (χ4n) is 3.15. The highest BCUT2D eigenvalue weighted by atomic mass is 16.2. The van der Waals surface area contributed by atoms with Crippen LogP contribution in [0.25, 0.3) is 5.82 Å². The Kier molecular flexibility index (Phi) is 3.96. The molecule has 0 aromatic carbocycles. The zero-order valence-electron chi connectivity index (χ0n) is 13.4. The van der Waals surface area contributed by atoms with Gasteiger partial charge in [-0.05, 0) is 25.0 Å². The molecule has 0 aliphatic carbocycles. The smallest absolute Gasteiger partial charge is 0.220 e. The zero-order valence-corrected chi connectivity index (χ0v) is 13.4. The van der Waals surface area contributed by atoms with E-state index in [0.29, 0.717) is 5.92 Å². The average molecular weight is 298 g/mol. The maximum atomic E-state index is 11.8. The fourth-order valence-corrected chi connectivity index (χ4v) is 3.15. The third-order valence-corrected chi connectivity index (χ3v) is 4.19. The first-order valence-corrected chi connectivity index (χ1v) is 7.85. The maximum Gasteiger partial charge on any atom is 0.220 e. The summed E-state index contributed by atoms with van der Waals surface area (Å²) in [4.78, 5) is 22.9. The molecule has 1 atom stereocenters. The van der Waals surface area contributed by atoms with Gasteiger partial charge in [0.1, 0.15) is 11.6 Å². The SMILES string of the molecule is CC(=O)N1CCC[C@@H]1c1cccc(-n2ccnc2C(C)C)n1. The van der Waals surface area contributed by atoms with E-state index >= 15 is 0 Å². The van der Waals surface area contributed by atoms with Crippen molar-refractivity contribution in [1.29, 1.82) is 0 Å². The van der Waals surface area contributed by atoms with E-state index in [9.17, 15) is 4.79 Å². The standard InChI is InChI=1S/C17H22N4O/c1-12(2)17-18-9-11-21(17)16-8-4-6-14(19-16)15-7-5-10-20(15)13(3)22/h4,6,8-9,11-12,15H,5,7,10H2,1-3H3/t15-/m1/s1. The molecular weight excluding hydrogens is 276 g/mol. The lowest BCUT2D eigenvalue weighted by atomic mass is 10.1. The molecule has 0 N–H and O–H groups in total. The minimum atomic E-state index is 0.100. The Morgan fingerprint density at radius 1 is 1.36 bits per heavy atom. The van der Waals surface area contributed by atoms with Crippen molar-refractivity contribution in [3.05, 3.63) is 42.1 Å². The van der Waals surface area contributed by atoms with Crippen molar-refractivity contribution >= 4 is 5.91 Å². The molecule has 0 unspecified atom stereocenters. The molecule has 2 aromatic heterocycles. The van der Waals surface area contributed by atoms with Crippen LogP contribution in [0, 0.1) is 0 Å². The summed E-state index contributed by atoms with van der Waals surface area (Å²) in [6.45, 7) is 6.71. The zero-order chi connectivity index (χ0) is 15.7. The Hall–Kier alpha value is -2.17. The largest absolute Gasteiger partial charge is 0.334 e. The van der Waals surface area contributed by atoms with Crippen molar-refractivity contribution in [3.8, 4) is 5.82 Å². The van der Waals surface area contributed by atoms with Crippen LogP contribution in [0.1, 0.15) is 57.1 Å². The van der Waals surface area contributed by atoms with E-state index in [-0.39, 0.29) is 11.9 Å². The van der Waals surface area contributed by atoms with Crippen molar-refractivity contribution in [2.75, 3.05) is 6.54 Å². The molecule has 5 heteroatoms. The van der Waals surface area contributed by atoms with Gasteiger partial charge in [0.15, 0.2) is 0 Å². The number of nitrogens with zero attached hydrogens (tertiary/aromatic N) is 4. The van der Waals surface area contributed by atoms with Crippen molar-refractivity contribution < 1.29 is 4.79 Å². The third kappa shape index (κ3) is 2.63. The van der Waals surface area contributed by atoms with Crippen LogP contribution in [-0.4, -0.2) is 31.9 Å². The number of hydrogen-bond acceptors (Lipinski definition) is 3. The molecule has 22 heavy (non-hydrogen) atoms. The number of rotatable bonds is 3. The first-order valence-electron chi connectivity index (χ1n) is 7.85. The molecule has 1 aliphatic heterocycles. The molecule has 0 bridgehead atoms. The minimum Gasteiger partial charge on any atom is -0.334 e. The Morgan fingerprint density at radius 2 is 2.18 bits per heavy atom. The number of amides is 1. The van der Waals surface area contributed by atoms with Gasteiger partial charge in [-0.1, -0.05) is 19.9 Å². The summed E-state index contributed by atoms with van der Waals surface area (Å²) < 4.78 is 2.03. The van der Waals surface area contributed by atoms with Crippen molar-refractivity contribution in [2.24, 2.45) is 0 Å². The van der Waals surface area contributed by atoms with Gasteiger partial charge in [-0.2, -0.15) is 0 Å². The molecule has 0 radical (unpaired) electrons. The highest BCUT2D eigenvalue weighted by Crippen LogP contribution is 2.31. The minimum absolute atomic E-state index is 0.100. The van der Waals surface area contributed by atoms with Gasteiger partial charge in [0, 0.05) is 31.8 Å². The Morgan fingerprint density at radius 3 is 2.91 bits per heavy atom. The van der Waals surface area contributed by atoms with Gasteiger partial charge in [0.2, 0.25) is 5.91 Å². The van der Waals surface area contributed by atoms with Gasteiger partial charge in [0.25, 0.3) is 0 Å². The molecule has 3 heterocycles. The summed E-state index contributed by atoms with van der Waals surface area (Å²) in [7, 11) is 0. The normalized spacial score (nSPS) is 18.2. The fraction of sp³-hybridized carbons (Fsp3) is 0.471. The summed E-state index contributed by atoms with van der Waals surface area (Å²) in [6, 6.07) is 6.12. The number of pyridine rings is 1.